The predicted octanol–water partition coefficient (Wildman–Crippen LogP) is 1.17. The summed E-state index contributed by atoms with van der Waals surface area (Å²) in [5.41, 5.74) is 0.744. The van der Waals surface area contributed by atoms with Gasteiger partial charge in [-0.05, 0) is 25.5 Å². The lowest BCUT2D eigenvalue weighted by molar-refractivity contribution is -0.144. The fourth-order valence-electron chi connectivity index (χ4n) is 2.79. The molecule has 1 aromatic rings. The smallest absolute Gasteiger partial charge is 0.320 e. The van der Waals surface area contributed by atoms with Crippen LogP contribution in [-0.2, 0) is 19.4 Å². The molecule has 0 radical (unpaired) electrons. The highest BCUT2D eigenvalue weighted by atomic mass is 32.2. The number of rotatable bonds is 5. The molecular formula is C16H24N2O4S. The molecule has 0 bridgehead atoms. The van der Waals surface area contributed by atoms with Crippen molar-refractivity contribution in [2.45, 2.75) is 18.2 Å². The first kappa shape index (κ1) is 17.7. The molecule has 2 rings (SSSR count). The summed E-state index contributed by atoms with van der Waals surface area (Å²) >= 11 is 0. The van der Waals surface area contributed by atoms with Gasteiger partial charge in [0.25, 0.3) is 0 Å². The van der Waals surface area contributed by atoms with Crippen LogP contribution in [0.3, 0.4) is 0 Å². The van der Waals surface area contributed by atoms with Crippen molar-refractivity contribution < 1.29 is 17.9 Å². The third kappa shape index (κ3) is 4.94. The van der Waals surface area contributed by atoms with E-state index in [9.17, 15) is 13.2 Å². The zero-order valence-electron chi connectivity index (χ0n) is 13.7. The summed E-state index contributed by atoms with van der Waals surface area (Å²) < 4.78 is 28.9. The van der Waals surface area contributed by atoms with E-state index in [-0.39, 0.29) is 12.5 Å². The molecule has 0 N–H and O–H groups in total. The maximum Gasteiger partial charge on any atom is 0.320 e. The molecule has 0 aliphatic carbocycles. The molecule has 0 amide bonds. The second-order valence-corrected chi connectivity index (χ2v) is 7.65. The van der Waals surface area contributed by atoms with E-state index in [1.165, 1.54) is 6.26 Å². The Bertz CT molecular complexity index is 645. The monoisotopic (exact) mass is 340 g/mol. The Morgan fingerprint density at radius 3 is 2.61 bits per heavy atom. The highest BCUT2D eigenvalue weighted by molar-refractivity contribution is 7.90. The van der Waals surface area contributed by atoms with E-state index in [1.54, 1.807) is 19.1 Å². The van der Waals surface area contributed by atoms with Crippen LogP contribution in [0.15, 0.2) is 29.2 Å². The first-order valence-corrected chi connectivity index (χ1v) is 9.73. The first-order chi connectivity index (χ1) is 10.9. The summed E-state index contributed by atoms with van der Waals surface area (Å²) in [5.74, 6) is -0.211. The van der Waals surface area contributed by atoms with Gasteiger partial charge >= 0.3 is 5.97 Å². The van der Waals surface area contributed by atoms with E-state index in [0.717, 1.165) is 25.2 Å². The number of carbonyl (C=O) groups is 1. The number of hydrogen-bond donors (Lipinski definition) is 0. The fourth-order valence-corrected chi connectivity index (χ4v) is 3.69. The summed E-state index contributed by atoms with van der Waals surface area (Å²) in [5, 5.41) is 0. The molecule has 0 atom stereocenters. The molecule has 0 unspecified atom stereocenters. The quantitative estimate of drug-likeness (QED) is 0.750. The maximum atomic E-state index is 12.0. The Morgan fingerprint density at radius 2 is 1.91 bits per heavy atom. The van der Waals surface area contributed by atoms with Crippen LogP contribution < -0.4 is 4.90 Å². The fraction of sp³-hybridized carbons (Fsp3) is 0.562. The van der Waals surface area contributed by atoms with Crippen molar-refractivity contribution in [2.75, 3.05) is 50.5 Å². The summed E-state index contributed by atoms with van der Waals surface area (Å²) in [6.07, 6.45) is 2.11. The predicted molar refractivity (Wildman–Crippen MR) is 89.5 cm³/mol. The number of anilines is 1. The van der Waals surface area contributed by atoms with E-state index >= 15 is 0 Å². The topological polar surface area (TPSA) is 66.9 Å². The SMILES string of the molecule is CCOC(=O)CN1CCCN(c2ccccc2S(C)(=O)=O)CC1. The summed E-state index contributed by atoms with van der Waals surface area (Å²) in [4.78, 5) is 16.1. The van der Waals surface area contributed by atoms with Crippen LogP contribution in [0.1, 0.15) is 13.3 Å². The van der Waals surface area contributed by atoms with Gasteiger partial charge in [-0.15, -0.1) is 0 Å². The highest BCUT2D eigenvalue weighted by Gasteiger charge is 2.21. The van der Waals surface area contributed by atoms with E-state index in [2.05, 4.69) is 9.80 Å². The Balaban J connectivity index is 2.08. The molecule has 0 saturated carbocycles. The van der Waals surface area contributed by atoms with Gasteiger partial charge in [0, 0.05) is 32.4 Å². The van der Waals surface area contributed by atoms with Crippen LogP contribution in [0, 0.1) is 0 Å². The Hall–Kier alpha value is -1.60. The van der Waals surface area contributed by atoms with E-state index in [1.807, 2.05) is 12.1 Å². The largest absolute Gasteiger partial charge is 0.465 e. The van der Waals surface area contributed by atoms with E-state index in [4.69, 9.17) is 4.74 Å². The molecule has 0 spiro atoms. The molecule has 1 saturated heterocycles. The molecule has 23 heavy (non-hydrogen) atoms. The van der Waals surface area contributed by atoms with Crippen molar-refractivity contribution in [3.05, 3.63) is 24.3 Å². The van der Waals surface area contributed by atoms with Crippen molar-refractivity contribution in [1.29, 1.82) is 0 Å². The number of esters is 1. The minimum Gasteiger partial charge on any atom is -0.465 e. The van der Waals surface area contributed by atoms with Gasteiger partial charge in [-0.25, -0.2) is 8.42 Å². The van der Waals surface area contributed by atoms with Gasteiger partial charge in [-0.2, -0.15) is 0 Å². The average molecular weight is 340 g/mol. The summed E-state index contributed by atoms with van der Waals surface area (Å²) in [6, 6.07) is 7.08. The Labute approximate surface area is 137 Å². The lowest BCUT2D eigenvalue weighted by Gasteiger charge is -2.25. The number of carbonyl (C=O) groups excluding carboxylic acids is 1. The van der Waals surface area contributed by atoms with Crippen molar-refractivity contribution >= 4 is 21.5 Å². The molecule has 6 nitrogen and oxygen atoms in total. The van der Waals surface area contributed by atoms with Gasteiger partial charge in [0.15, 0.2) is 9.84 Å². The van der Waals surface area contributed by atoms with Gasteiger partial charge < -0.3 is 9.64 Å². The normalized spacial score (nSPS) is 16.9. The van der Waals surface area contributed by atoms with E-state index in [0.29, 0.717) is 24.6 Å². The van der Waals surface area contributed by atoms with Crippen LogP contribution in [0.4, 0.5) is 5.69 Å². The van der Waals surface area contributed by atoms with E-state index < -0.39 is 9.84 Å². The average Bonchev–Trinajstić information content (AvgIpc) is 2.72. The summed E-state index contributed by atoms with van der Waals surface area (Å²) in [6.45, 7) is 5.44. The number of ether oxygens (including phenoxy) is 1. The zero-order valence-corrected chi connectivity index (χ0v) is 14.5. The van der Waals surface area contributed by atoms with Crippen LogP contribution in [0.2, 0.25) is 0 Å². The number of sulfone groups is 1. The molecule has 1 heterocycles. The number of benzene rings is 1. The molecular weight excluding hydrogens is 316 g/mol. The zero-order chi connectivity index (χ0) is 16.9. The van der Waals surface area contributed by atoms with Gasteiger partial charge in [0.1, 0.15) is 0 Å². The van der Waals surface area contributed by atoms with Crippen molar-refractivity contribution in [3.63, 3.8) is 0 Å². The lowest BCUT2D eigenvalue weighted by atomic mass is 10.2. The minimum atomic E-state index is -3.26. The molecule has 1 aliphatic rings. The molecule has 1 fully saturated rings. The maximum absolute atomic E-state index is 12.0. The van der Waals surface area contributed by atoms with Crippen LogP contribution in [-0.4, -0.2) is 64.9 Å². The van der Waals surface area contributed by atoms with Crippen LogP contribution in [0.25, 0.3) is 0 Å². The number of hydrogen-bond acceptors (Lipinski definition) is 6. The molecule has 0 aromatic heterocycles. The van der Waals surface area contributed by atoms with Crippen molar-refractivity contribution in [3.8, 4) is 0 Å². The Kier molecular flexibility index (Phi) is 6.01. The van der Waals surface area contributed by atoms with Crippen molar-refractivity contribution in [2.24, 2.45) is 0 Å². The van der Waals surface area contributed by atoms with Gasteiger partial charge in [-0.3, -0.25) is 9.69 Å². The second-order valence-electron chi connectivity index (χ2n) is 5.66. The van der Waals surface area contributed by atoms with Crippen LogP contribution in [0.5, 0.6) is 0 Å². The number of nitrogens with zero attached hydrogens (tertiary/aromatic N) is 2. The van der Waals surface area contributed by atoms with Gasteiger partial charge in [-0.1, -0.05) is 12.1 Å². The third-order valence-electron chi connectivity index (χ3n) is 3.85. The standard InChI is InChI=1S/C16H24N2O4S/c1-3-22-16(19)13-17-9-6-10-18(12-11-17)14-7-4-5-8-15(14)23(2,20)21/h4-5,7-8H,3,6,9-13H2,1-2H3. The molecule has 128 valence electrons. The first-order valence-electron chi connectivity index (χ1n) is 7.84. The molecule has 7 heteroatoms. The second kappa shape index (κ2) is 7.79. The molecule has 1 aliphatic heterocycles. The Morgan fingerprint density at radius 1 is 1.17 bits per heavy atom. The summed E-state index contributed by atoms with van der Waals surface area (Å²) in [7, 11) is -3.26. The van der Waals surface area contributed by atoms with Gasteiger partial charge in [0.05, 0.1) is 23.7 Å². The van der Waals surface area contributed by atoms with Crippen molar-refractivity contribution in [1.82, 2.24) is 4.90 Å². The molecule has 1 aromatic carbocycles. The lowest BCUT2D eigenvalue weighted by Crippen LogP contribution is -2.35. The minimum absolute atomic E-state index is 0.211. The number of para-hydroxylation sites is 1. The van der Waals surface area contributed by atoms with Crippen LogP contribution >= 0.6 is 0 Å². The highest BCUT2D eigenvalue weighted by Crippen LogP contribution is 2.25. The third-order valence-corrected chi connectivity index (χ3v) is 5.00. The van der Waals surface area contributed by atoms with Gasteiger partial charge in [0.2, 0.25) is 0 Å².